The van der Waals surface area contributed by atoms with E-state index in [1.807, 2.05) is 25.3 Å². The van der Waals surface area contributed by atoms with E-state index in [4.69, 9.17) is 0 Å². The van der Waals surface area contributed by atoms with Crippen molar-refractivity contribution >= 4 is 6.20 Å². The Balaban J connectivity index is 1.85. The van der Waals surface area contributed by atoms with Crippen molar-refractivity contribution in [2.45, 2.75) is 44.7 Å². The molecule has 1 aliphatic carbocycles. The molecule has 0 amide bonds. The normalized spacial score (nSPS) is 16.8. The van der Waals surface area contributed by atoms with Crippen molar-refractivity contribution in [2.24, 2.45) is 0 Å². The lowest BCUT2D eigenvalue weighted by Crippen LogP contribution is -2.40. The van der Waals surface area contributed by atoms with Crippen LogP contribution in [0.2, 0.25) is 0 Å². The van der Waals surface area contributed by atoms with Gasteiger partial charge in [0.2, 0.25) is 0 Å². The second-order valence-corrected chi connectivity index (χ2v) is 6.02. The van der Waals surface area contributed by atoms with Gasteiger partial charge in [0, 0.05) is 35.6 Å². The van der Waals surface area contributed by atoms with Crippen LogP contribution >= 0.6 is 0 Å². The van der Waals surface area contributed by atoms with Gasteiger partial charge in [0.05, 0.1) is 5.69 Å². The number of rotatable bonds is 5. The van der Waals surface area contributed by atoms with E-state index in [9.17, 15) is 4.39 Å². The molecule has 0 saturated heterocycles. The predicted octanol–water partition coefficient (Wildman–Crippen LogP) is 3.99. The molecule has 1 aromatic carbocycles. The highest BCUT2D eigenvalue weighted by molar-refractivity contribution is 5.29. The maximum Gasteiger partial charge on any atom is 0.128 e. The summed E-state index contributed by atoms with van der Waals surface area (Å²) in [6.45, 7) is 6.40. The molecule has 0 aliphatic heterocycles. The molecule has 116 valence electrons. The molecular weight excluding hydrogens is 277 g/mol. The summed E-state index contributed by atoms with van der Waals surface area (Å²) in [5.74, 6) is -0.115. The van der Waals surface area contributed by atoms with Crippen molar-refractivity contribution < 1.29 is 4.39 Å². The Morgan fingerprint density at radius 1 is 1.36 bits per heavy atom. The van der Waals surface area contributed by atoms with E-state index in [0.29, 0.717) is 6.54 Å². The Bertz CT molecular complexity index is 669. The summed E-state index contributed by atoms with van der Waals surface area (Å²) in [5, 5.41) is 7.99. The second kappa shape index (κ2) is 6.05. The fourth-order valence-electron chi connectivity index (χ4n) is 3.42. The molecule has 1 N–H and O–H groups in total. The number of nitrogens with zero attached hydrogens (tertiary/aromatic N) is 2. The molecule has 2 aromatic rings. The van der Waals surface area contributed by atoms with E-state index in [0.717, 1.165) is 42.5 Å². The number of aryl methyl sites for hydroxylation is 1. The lowest BCUT2D eigenvalue weighted by molar-refractivity contribution is 0.325. The summed E-state index contributed by atoms with van der Waals surface area (Å²) in [7, 11) is 0. The van der Waals surface area contributed by atoms with E-state index in [2.05, 4.69) is 17.0 Å². The molecule has 3 nitrogen and oxygen atoms in total. The van der Waals surface area contributed by atoms with Crippen LogP contribution in [0.5, 0.6) is 0 Å². The molecule has 0 unspecified atom stereocenters. The Hall–Kier alpha value is -1.94. The van der Waals surface area contributed by atoms with Gasteiger partial charge in [-0.3, -0.25) is 0 Å². The SMILES string of the molecule is C=Cn1cc(CNC2(c3ccccc3F)CCCC2)c(C)n1. The molecule has 0 spiro atoms. The molecule has 22 heavy (non-hydrogen) atoms. The summed E-state index contributed by atoms with van der Waals surface area (Å²) in [4.78, 5) is 0. The Labute approximate surface area is 130 Å². The van der Waals surface area contributed by atoms with Crippen LogP contribution in [0.1, 0.15) is 42.5 Å². The molecule has 1 saturated carbocycles. The Morgan fingerprint density at radius 2 is 2.09 bits per heavy atom. The molecule has 1 heterocycles. The van der Waals surface area contributed by atoms with Crippen molar-refractivity contribution in [1.82, 2.24) is 15.1 Å². The first-order valence-corrected chi connectivity index (χ1v) is 7.82. The fourth-order valence-corrected chi connectivity index (χ4v) is 3.42. The molecule has 1 aromatic heterocycles. The monoisotopic (exact) mass is 299 g/mol. The van der Waals surface area contributed by atoms with Crippen LogP contribution in [0.15, 0.2) is 37.0 Å². The van der Waals surface area contributed by atoms with Gasteiger partial charge in [-0.25, -0.2) is 9.07 Å². The zero-order valence-corrected chi connectivity index (χ0v) is 13.0. The molecule has 0 radical (unpaired) electrons. The van der Waals surface area contributed by atoms with E-state index in [-0.39, 0.29) is 11.4 Å². The van der Waals surface area contributed by atoms with Crippen LogP contribution in [-0.4, -0.2) is 9.78 Å². The average Bonchev–Trinajstić information content (AvgIpc) is 3.13. The maximum atomic E-state index is 14.3. The van der Waals surface area contributed by atoms with Crippen molar-refractivity contribution in [3.05, 3.63) is 59.7 Å². The van der Waals surface area contributed by atoms with Crippen LogP contribution < -0.4 is 5.32 Å². The van der Waals surface area contributed by atoms with Gasteiger partial charge in [0.15, 0.2) is 0 Å². The minimum Gasteiger partial charge on any atom is -0.303 e. The predicted molar refractivity (Wildman–Crippen MR) is 86.7 cm³/mol. The van der Waals surface area contributed by atoms with Gasteiger partial charge in [-0.05, 0) is 25.8 Å². The highest BCUT2D eigenvalue weighted by atomic mass is 19.1. The standard InChI is InChI=1S/C18H22FN3/c1-3-22-13-15(14(2)21-22)12-20-18(10-6-7-11-18)16-8-4-5-9-17(16)19/h3-5,8-9,13,20H,1,6-7,10-12H2,2H3. The second-order valence-electron chi connectivity index (χ2n) is 6.02. The smallest absolute Gasteiger partial charge is 0.128 e. The third kappa shape index (κ3) is 2.71. The summed E-state index contributed by atoms with van der Waals surface area (Å²) in [5.41, 5.74) is 2.64. The van der Waals surface area contributed by atoms with Crippen LogP contribution in [0.4, 0.5) is 4.39 Å². The van der Waals surface area contributed by atoms with Crippen molar-refractivity contribution in [1.29, 1.82) is 0 Å². The molecule has 1 fully saturated rings. The zero-order chi connectivity index (χ0) is 15.6. The van der Waals surface area contributed by atoms with E-state index >= 15 is 0 Å². The summed E-state index contributed by atoms with van der Waals surface area (Å²) >= 11 is 0. The average molecular weight is 299 g/mol. The van der Waals surface area contributed by atoms with Crippen LogP contribution in [0.25, 0.3) is 6.20 Å². The third-order valence-corrected chi connectivity index (χ3v) is 4.67. The third-order valence-electron chi connectivity index (χ3n) is 4.67. The van der Waals surface area contributed by atoms with Crippen LogP contribution in [0.3, 0.4) is 0 Å². The van der Waals surface area contributed by atoms with Crippen molar-refractivity contribution in [3.8, 4) is 0 Å². The minimum absolute atomic E-state index is 0.115. The molecule has 3 rings (SSSR count). The quantitative estimate of drug-likeness (QED) is 0.904. The lowest BCUT2D eigenvalue weighted by atomic mass is 9.87. The molecular formula is C18H22FN3. The van der Waals surface area contributed by atoms with Gasteiger partial charge in [-0.2, -0.15) is 5.10 Å². The first-order valence-electron chi connectivity index (χ1n) is 7.82. The number of halogens is 1. The molecule has 1 aliphatic rings. The van der Waals surface area contributed by atoms with E-state index in [1.165, 1.54) is 0 Å². The Kier molecular flexibility index (Phi) is 4.12. The lowest BCUT2D eigenvalue weighted by Gasteiger charge is -2.31. The zero-order valence-electron chi connectivity index (χ0n) is 13.0. The summed E-state index contributed by atoms with van der Waals surface area (Å²) < 4.78 is 16.0. The van der Waals surface area contributed by atoms with E-state index < -0.39 is 0 Å². The summed E-state index contributed by atoms with van der Waals surface area (Å²) in [6.07, 6.45) is 7.86. The fraction of sp³-hybridized carbons (Fsp3) is 0.389. The van der Waals surface area contributed by atoms with Gasteiger partial charge >= 0.3 is 0 Å². The number of aromatic nitrogens is 2. The van der Waals surface area contributed by atoms with Crippen LogP contribution in [0, 0.1) is 12.7 Å². The highest BCUT2D eigenvalue weighted by Crippen LogP contribution is 2.40. The minimum atomic E-state index is -0.256. The van der Waals surface area contributed by atoms with Crippen molar-refractivity contribution in [3.63, 3.8) is 0 Å². The Morgan fingerprint density at radius 3 is 2.73 bits per heavy atom. The first kappa shape index (κ1) is 15.0. The van der Waals surface area contributed by atoms with Gasteiger partial charge in [0.1, 0.15) is 5.82 Å². The molecule has 0 bridgehead atoms. The van der Waals surface area contributed by atoms with Gasteiger partial charge in [0.25, 0.3) is 0 Å². The topological polar surface area (TPSA) is 29.9 Å². The van der Waals surface area contributed by atoms with Gasteiger partial charge < -0.3 is 5.32 Å². The number of hydrogen-bond donors (Lipinski definition) is 1. The molecule has 0 atom stereocenters. The maximum absolute atomic E-state index is 14.3. The first-order chi connectivity index (χ1) is 10.6. The number of hydrogen-bond acceptors (Lipinski definition) is 2. The van der Waals surface area contributed by atoms with Crippen LogP contribution in [-0.2, 0) is 12.1 Å². The van der Waals surface area contributed by atoms with Gasteiger partial charge in [-0.1, -0.05) is 37.6 Å². The van der Waals surface area contributed by atoms with Gasteiger partial charge in [-0.15, -0.1) is 0 Å². The van der Waals surface area contributed by atoms with Crippen molar-refractivity contribution in [2.75, 3.05) is 0 Å². The number of benzene rings is 1. The molecule has 4 heteroatoms. The summed E-state index contributed by atoms with van der Waals surface area (Å²) in [6, 6.07) is 7.13. The van der Waals surface area contributed by atoms with E-state index in [1.54, 1.807) is 23.0 Å². The highest BCUT2D eigenvalue weighted by Gasteiger charge is 2.37. The number of nitrogens with one attached hydrogen (secondary N) is 1. The largest absolute Gasteiger partial charge is 0.303 e.